The Morgan fingerprint density at radius 2 is 1.93 bits per heavy atom. The fraction of sp³-hybridized carbons (Fsp3) is 0.286. The third-order valence-corrected chi connectivity index (χ3v) is 4.25. The van der Waals surface area contributed by atoms with Gasteiger partial charge in [-0.2, -0.15) is 5.10 Å². The standard InChI is InChI=1S/C21H25FN6.HI/c1-3-24-21(26-12-18-7-8-20(22)16(2)9-18)25-11-17-5-4-6-19(10-17)13-28-15-23-14-27-28;/h4-10,14-15H,3,11-13H2,1-2H3,(H2,24,25,26);1H. The molecule has 0 bridgehead atoms. The molecule has 29 heavy (non-hydrogen) atoms. The van der Waals surface area contributed by atoms with Crippen LogP contribution in [0.25, 0.3) is 0 Å². The van der Waals surface area contributed by atoms with Gasteiger partial charge in [0, 0.05) is 13.1 Å². The van der Waals surface area contributed by atoms with Crippen LogP contribution in [0, 0.1) is 12.7 Å². The Morgan fingerprint density at radius 1 is 1.10 bits per heavy atom. The summed E-state index contributed by atoms with van der Waals surface area (Å²) in [5, 5.41) is 10.7. The third kappa shape index (κ3) is 7.12. The molecule has 0 aliphatic heterocycles. The van der Waals surface area contributed by atoms with Crippen LogP contribution < -0.4 is 10.6 Å². The molecule has 0 radical (unpaired) electrons. The van der Waals surface area contributed by atoms with Crippen molar-refractivity contribution in [3.05, 3.63) is 83.2 Å². The first-order chi connectivity index (χ1) is 13.6. The zero-order valence-electron chi connectivity index (χ0n) is 16.6. The zero-order valence-corrected chi connectivity index (χ0v) is 18.9. The number of nitrogens with one attached hydrogen (secondary N) is 2. The summed E-state index contributed by atoms with van der Waals surface area (Å²) in [6.07, 6.45) is 3.24. The molecule has 0 aliphatic rings. The van der Waals surface area contributed by atoms with Gasteiger partial charge in [-0.05, 0) is 42.2 Å². The van der Waals surface area contributed by atoms with E-state index in [1.165, 1.54) is 12.4 Å². The lowest BCUT2D eigenvalue weighted by Crippen LogP contribution is -2.36. The van der Waals surface area contributed by atoms with Gasteiger partial charge in [0.2, 0.25) is 0 Å². The Balaban J connectivity index is 0.00000300. The molecule has 0 amide bonds. The summed E-state index contributed by atoms with van der Waals surface area (Å²) in [5.74, 6) is 0.543. The predicted molar refractivity (Wildman–Crippen MR) is 124 cm³/mol. The second-order valence-electron chi connectivity index (χ2n) is 6.55. The van der Waals surface area contributed by atoms with E-state index in [9.17, 15) is 4.39 Å². The van der Waals surface area contributed by atoms with Crippen LogP contribution >= 0.6 is 24.0 Å². The van der Waals surface area contributed by atoms with Gasteiger partial charge in [0.15, 0.2) is 5.96 Å². The van der Waals surface area contributed by atoms with Gasteiger partial charge in [0.1, 0.15) is 18.5 Å². The molecule has 0 saturated carbocycles. The van der Waals surface area contributed by atoms with Crippen molar-refractivity contribution in [2.45, 2.75) is 33.5 Å². The largest absolute Gasteiger partial charge is 0.357 e. The van der Waals surface area contributed by atoms with E-state index >= 15 is 0 Å². The molecule has 0 fully saturated rings. The van der Waals surface area contributed by atoms with Crippen molar-refractivity contribution in [3.8, 4) is 0 Å². The van der Waals surface area contributed by atoms with Crippen LogP contribution in [0.1, 0.15) is 29.2 Å². The highest BCUT2D eigenvalue weighted by Gasteiger charge is 2.03. The van der Waals surface area contributed by atoms with E-state index in [-0.39, 0.29) is 29.8 Å². The number of aryl methyl sites for hydroxylation is 1. The molecular weight excluding hydrogens is 482 g/mol. The number of rotatable bonds is 7. The molecule has 0 aliphatic carbocycles. The van der Waals surface area contributed by atoms with Crippen molar-refractivity contribution < 1.29 is 4.39 Å². The predicted octanol–water partition coefficient (Wildman–Crippen LogP) is 3.65. The molecule has 2 aromatic carbocycles. The van der Waals surface area contributed by atoms with Gasteiger partial charge in [-0.15, -0.1) is 24.0 Å². The molecule has 8 heteroatoms. The first-order valence-electron chi connectivity index (χ1n) is 9.31. The second kappa shape index (κ2) is 11.5. The average Bonchev–Trinajstić information content (AvgIpc) is 3.20. The highest BCUT2D eigenvalue weighted by molar-refractivity contribution is 14.0. The summed E-state index contributed by atoms with van der Waals surface area (Å²) in [6, 6.07) is 13.4. The maximum atomic E-state index is 13.4. The fourth-order valence-corrected chi connectivity index (χ4v) is 2.84. The minimum absolute atomic E-state index is 0. The van der Waals surface area contributed by atoms with E-state index < -0.39 is 0 Å². The lowest BCUT2D eigenvalue weighted by atomic mass is 10.1. The first-order valence-corrected chi connectivity index (χ1v) is 9.31. The highest BCUT2D eigenvalue weighted by Crippen LogP contribution is 2.10. The number of hydrogen-bond donors (Lipinski definition) is 2. The Labute approximate surface area is 187 Å². The molecule has 0 saturated heterocycles. The molecule has 1 heterocycles. The lowest BCUT2D eigenvalue weighted by molar-refractivity contribution is 0.617. The Kier molecular flexibility index (Phi) is 9.04. The Bertz CT molecular complexity index is 927. The Morgan fingerprint density at radius 3 is 2.66 bits per heavy atom. The summed E-state index contributed by atoms with van der Waals surface area (Å²) in [5.41, 5.74) is 3.93. The van der Waals surface area contributed by atoms with E-state index in [0.717, 1.165) is 29.2 Å². The van der Waals surface area contributed by atoms with Crippen molar-refractivity contribution in [2.24, 2.45) is 4.99 Å². The molecule has 0 unspecified atom stereocenters. The van der Waals surface area contributed by atoms with Crippen LogP contribution in [-0.2, 0) is 19.6 Å². The average molecular weight is 508 g/mol. The number of nitrogens with zero attached hydrogens (tertiary/aromatic N) is 4. The van der Waals surface area contributed by atoms with Gasteiger partial charge in [-0.25, -0.2) is 19.0 Å². The number of guanidine groups is 1. The van der Waals surface area contributed by atoms with Gasteiger partial charge in [-0.3, -0.25) is 0 Å². The summed E-state index contributed by atoms with van der Waals surface area (Å²) in [6.45, 7) is 6.38. The van der Waals surface area contributed by atoms with Crippen LogP contribution in [0.4, 0.5) is 4.39 Å². The Hall–Kier alpha value is -2.49. The monoisotopic (exact) mass is 508 g/mol. The lowest BCUT2D eigenvalue weighted by Gasteiger charge is -2.12. The number of hydrogen-bond acceptors (Lipinski definition) is 3. The van der Waals surface area contributed by atoms with E-state index in [1.807, 2.05) is 19.1 Å². The summed E-state index contributed by atoms with van der Waals surface area (Å²) < 4.78 is 15.2. The summed E-state index contributed by atoms with van der Waals surface area (Å²) >= 11 is 0. The maximum Gasteiger partial charge on any atom is 0.191 e. The molecule has 6 nitrogen and oxygen atoms in total. The normalized spacial score (nSPS) is 11.1. The van der Waals surface area contributed by atoms with Gasteiger partial charge >= 0.3 is 0 Å². The molecule has 3 rings (SSSR count). The molecular formula is C21H26FIN6. The molecule has 154 valence electrons. The van der Waals surface area contributed by atoms with Crippen LogP contribution in [-0.4, -0.2) is 27.3 Å². The van der Waals surface area contributed by atoms with Crippen molar-refractivity contribution >= 4 is 29.9 Å². The van der Waals surface area contributed by atoms with E-state index in [2.05, 4.69) is 43.9 Å². The number of aromatic nitrogens is 3. The van der Waals surface area contributed by atoms with E-state index in [4.69, 9.17) is 0 Å². The van der Waals surface area contributed by atoms with E-state index in [0.29, 0.717) is 25.2 Å². The molecule has 0 atom stereocenters. The number of benzene rings is 2. The summed E-state index contributed by atoms with van der Waals surface area (Å²) in [7, 11) is 0. The van der Waals surface area contributed by atoms with Crippen LogP contribution in [0.15, 0.2) is 60.1 Å². The van der Waals surface area contributed by atoms with Crippen molar-refractivity contribution in [1.82, 2.24) is 25.4 Å². The molecule has 1 aromatic heterocycles. The smallest absolute Gasteiger partial charge is 0.191 e. The molecule has 3 aromatic rings. The topological polar surface area (TPSA) is 67.1 Å². The SMILES string of the molecule is CCNC(=NCc1cccc(Cn2cncn2)c1)NCc1ccc(F)c(C)c1.I. The minimum Gasteiger partial charge on any atom is -0.357 e. The van der Waals surface area contributed by atoms with Gasteiger partial charge in [-0.1, -0.05) is 36.4 Å². The van der Waals surface area contributed by atoms with Crippen molar-refractivity contribution in [3.63, 3.8) is 0 Å². The minimum atomic E-state index is -0.185. The number of halogens is 2. The van der Waals surface area contributed by atoms with Gasteiger partial charge in [0.25, 0.3) is 0 Å². The van der Waals surface area contributed by atoms with Crippen LogP contribution in [0.2, 0.25) is 0 Å². The van der Waals surface area contributed by atoms with Gasteiger partial charge < -0.3 is 10.6 Å². The third-order valence-electron chi connectivity index (χ3n) is 4.25. The van der Waals surface area contributed by atoms with Gasteiger partial charge in [0.05, 0.1) is 13.1 Å². The molecule has 0 spiro atoms. The molecule has 2 N–H and O–H groups in total. The fourth-order valence-electron chi connectivity index (χ4n) is 2.84. The van der Waals surface area contributed by atoms with Crippen LogP contribution in [0.5, 0.6) is 0 Å². The zero-order chi connectivity index (χ0) is 19.8. The number of aliphatic imine (C=N–C) groups is 1. The van der Waals surface area contributed by atoms with E-state index in [1.54, 1.807) is 24.0 Å². The highest BCUT2D eigenvalue weighted by atomic mass is 127. The second-order valence-corrected chi connectivity index (χ2v) is 6.55. The van der Waals surface area contributed by atoms with Crippen LogP contribution in [0.3, 0.4) is 0 Å². The van der Waals surface area contributed by atoms with Crippen molar-refractivity contribution in [1.29, 1.82) is 0 Å². The quantitative estimate of drug-likeness (QED) is 0.291. The van der Waals surface area contributed by atoms with Crippen molar-refractivity contribution in [2.75, 3.05) is 6.54 Å². The first kappa shape index (κ1) is 22.8. The summed E-state index contributed by atoms with van der Waals surface area (Å²) in [4.78, 5) is 8.63. The maximum absolute atomic E-state index is 13.4.